The molecule has 0 aliphatic carbocycles. The summed E-state index contributed by atoms with van der Waals surface area (Å²) in [6.07, 6.45) is 10.1. The van der Waals surface area contributed by atoms with Gasteiger partial charge in [0.05, 0.1) is 18.7 Å². The highest BCUT2D eigenvalue weighted by atomic mass is 16.5. The van der Waals surface area contributed by atoms with E-state index in [9.17, 15) is 9.90 Å². The number of carboxylic acids is 1. The van der Waals surface area contributed by atoms with Crippen molar-refractivity contribution in [2.75, 3.05) is 13.7 Å². The molecule has 0 saturated heterocycles. The minimum absolute atomic E-state index is 0.0937. The summed E-state index contributed by atoms with van der Waals surface area (Å²) in [6.45, 7) is 21.1. The Labute approximate surface area is 229 Å². The monoisotopic (exact) mass is 521 g/mol. The van der Waals surface area contributed by atoms with Crippen molar-refractivity contribution in [3.63, 3.8) is 0 Å². The van der Waals surface area contributed by atoms with Gasteiger partial charge in [0.2, 0.25) is 0 Å². The number of rotatable bonds is 14. The maximum Gasteiger partial charge on any atom is 0.335 e. The van der Waals surface area contributed by atoms with E-state index < -0.39 is 5.97 Å². The predicted octanol–water partition coefficient (Wildman–Crippen LogP) is 6.72. The van der Waals surface area contributed by atoms with Crippen LogP contribution in [-0.2, 0) is 11.2 Å². The number of ether oxygens (including phenoxy) is 1. The van der Waals surface area contributed by atoms with Gasteiger partial charge in [0.25, 0.3) is 0 Å². The van der Waals surface area contributed by atoms with Crippen LogP contribution in [0.15, 0.2) is 65.4 Å². The second kappa shape index (κ2) is 15.1. The second-order valence-corrected chi connectivity index (χ2v) is 10.5. The summed E-state index contributed by atoms with van der Waals surface area (Å²) in [6, 6.07) is 4.18. The zero-order chi connectivity index (χ0) is 29.0. The number of hydrogen-bond acceptors (Lipinski definition) is 5. The minimum Gasteiger partial charge on any atom is -0.496 e. The van der Waals surface area contributed by atoms with Gasteiger partial charge in [-0.25, -0.2) is 4.79 Å². The van der Waals surface area contributed by atoms with Gasteiger partial charge in [-0.3, -0.25) is 4.99 Å². The fourth-order valence-electron chi connectivity index (χ4n) is 4.10. The zero-order valence-electron chi connectivity index (χ0n) is 24.4. The molecule has 6 nitrogen and oxygen atoms in total. The van der Waals surface area contributed by atoms with Gasteiger partial charge in [-0.05, 0) is 79.5 Å². The minimum atomic E-state index is -1.01. The molecule has 0 heterocycles. The van der Waals surface area contributed by atoms with Crippen molar-refractivity contribution in [1.82, 2.24) is 0 Å². The zero-order valence-corrected chi connectivity index (χ0v) is 24.4. The molecule has 0 amide bonds. The van der Waals surface area contributed by atoms with Crippen LogP contribution in [-0.4, -0.2) is 37.0 Å². The van der Waals surface area contributed by atoms with Crippen molar-refractivity contribution >= 4 is 23.3 Å². The maximum absolute atomic E-state index is 11.6. The lowest BCUT2D eigenvalue weighted by molar-refractivity contribution is -0.132. The summed E-state index contributed by atoms with van der Waals surface area (Å²) < 4.78 is 5.80. The Morgan fingerprint density at radius 1 is 1.21 bits per heavy atom. The molecule has 0 aliphatic rings. The van der Waals surface area contributed by atoms with E-state index >= 15 is 0 Å². The van der Waals surface area contributed by atoms with Crippen LogP contribution in [0.4, 0.5) is 0 Å². The topological polar surface area (TPSA) is 111 Å². The average Bonchev–Trinajstić information content (AvgIpc) is 2.84. The molecule has 0 saturated carbocycles. The highest BCUT2D eigenvalue weighted by molar-refractivity contribution is 6.11. The van der Waals surface area contributed by atoms with E-state index in [1.54, 1.807) is 32.4 Å². The highest BCUT2D eigenvalue weighted by Crippen LogP contribution is 2.36. The summed E-state index contributed by atoms with van der Waals surface area (Å²) in [4.78, 5) is 16.4. The van der Waals surface area contributed by atoms with Gasteiger partial charge in [-0.2, -0.15) is 0 Å². The first kappa shape index (κ1) is 32.6. The molecular weight excluding hydrogens is 474 g/mol. The molecule has 208 valence electrons. The van der Waals surface area contributed by atoms with Crippen LogP contribution in [0.2, 0.25) is 0 Å². The van der Waals surface area contributed by atoms with E-state index in [0.717, 1.165) is 52.7 Å². The third-order valence-corrected chi connectivity index (χ3v) is 6.61. The predicted molar refractivity (Wildman–Crippen MR) is 163 cm³/mol. The molecule has 1 unspecified atom stereocenters. The Hall–Kier alpha value is -3.38. The molecular formula is C32H47N3O3. The Morgan fingerprint density at radius 2 is 1.87 bits per heavy atom. The SMILES string of the molecule is C=C(/C=C(\C)c1cc(OC)c(C(C=NC(CCC)CCN)=CN)cc1CC(=C)C(C)(C)C)/C(=C\C)C(=O)O. The summed E-state index contributed by atoms with van der Waals surface area (Å²) in [5.41, 5.74) is 17.9. The fraction of sp³-hybridized carbons (Fsp3) is 0.438. The first-order valence-corrected chi connectivity index (χ1v) is 13.2. The summed E-state index contributed by atoms with van der Waals surface area (Å²) >= 11 is 0. The van der Waals surface area contributed by atoms with E-state index in [1.807, 2.05) is 19.2 Å². The van der Waals surface area contributed by atoms with E-state index in [4.69, 9.17) is 21.2 Å². The summed E-state index contributed by atoms with van der Waals surface area (Å²) in [5.74, 6) is -0.370. The highest BCUT2D eigenvalue weighted by Gasteiger charge is 2.20. The van der Waals surface area contributed by atoms with Gasteiger partial charge in [-0.1, -0.05) is 65.0 Å². The smallest absolute Gasteiger partial charge is 0.335 e. The molecule has 6 heteroatoms. The Bertz CT molecular complexity index is 1130. The number of nitrogens with two attached hydrogens (primary N) is 2. The van der Waals surface area contributed by atoms with Gasteiger partial charge >= 0.3 is 5.97 Å². The van der Waals surface area contributed by atoms with E-state index in [1.165, 1.54) is 0 Å². The van der Waals surface area contributed by atoms with Crippen molar-refractivity contribution in [2.45, 2.75) is 73.3 Å². The van der Waals surface area contributed by atoms with Crippen LogP contribution in [0.1, 0.15) is 77.5 Å². The average molecular weight is 522 g/mol. The molecule has 1 rings (SSSR count). The fourth-order valence-corrected chi connectivity index (χ4v) is 4.10. The molecule has 0 aliphatic heterocycles. The Balaban J connectivity index is 3.76. The molecule has 38 heavy (non-hydrogen) atoms. The number of aliphatic carboxylic acids is 1. The third-order valence-electron chi connectivity index (χ3n) is 6.61. The molecule has 5 N–H and O–H groups in total. The van der Waals surface area contributed by atoms with Crippen molar-refractivity contribution in [3.05, 3.63) is 77.1 Å². The van der Waals surface area contributed by atoms with Crippen LogP contribution in [0.3, 0.4) is 0 Å². The largest absolute Gasteiger partial charge is 0.496 e. The number of aliphatic imine (C=N–C) groups is 1. The van der Waals surface area contributed by atoms with Gasteiger partial charge < -0.3 is 21.3 Å². The van der Waals surface area contributed by atoms with Crippen LogP contribution < -0.4 is 16.2 Å². The molecule has 1 aromatic carbocycles. The molecule has 1 aromatic rings. The maximum atomic E-state index is 11.6. The number of nitrogens with zero attached hydrogens (tertiary/aromatic N) is 1. The van der Waals surface area contributed by atoms with Crippen molar-refractivity contribution in [3.8, 4) is 5.75 Å². The lowest BCUT2D eigenvalue weighted by atomic mass is 9.81. The molecule has 0 spiro atoms. The van der Waals surface area contributed by atoms with Crippen molar-refractivity contribution in [2.24, 2.45) is 21.9 Å². The number of carboxylic acid groups (broad SMARTS) is 1. The third kappa shape index (κ3) is 9.18. The van der Waals surface area contributed by atoms with E-state index in [0.29, 0.717) is 24.3 Å². The molecule has 0 bridgehead atoms. The summed E-state index contributed by atoms with van der Waals surface area (Å²) in [7, 11) is 1.62. The molecule has 0 aromatic heterocycles. The lowest BCUT2D eigenvalue weighted by Crippen LogP contribution is -2.13. The number of allylic oxidation sites excluding steroid dienone is 5. The molecule has 1 atom stereocenters. The summed E-state index contributed by atoms with van der Waals surface area (Å²) in [5, 5.41) is 9.53. The van der Waals surface area contributed by atoms with E-state index in [-0.39, 0.29) is 17.0 Å². The van der Waals surface area contributed by atoms with Crippen LogP contribution >= 0.6 is 0 Å². The number of carbonyl (C=O) groups is 1. The van der Waals surface area contributed by atoms with Crippen molar-refractivity contribution < 1.29 is 14.6 Å². The lowest BCUT2D eigenvalue weighted by Gasteiger charge is -2.24. The molecule has 0 radical (unpaired) electrons. The normalized spacial score (nSPS) is 14.1. The Morgan fingerprint density at radius 3 is 2.34 bits per heavy atom. The van der Waals surface area contributed by atoms with Gasteiger partial charge in [0.15, 0.2) is 0 Å². The van der Waals surface area contributed by atoms with Crippen LogP contribution in [0.5, 0.6) is 5.75 Å². The number of hydrogen-bond donors (Lipinski definition) is 3. The number of benzene rings is 1. The van der Waals surface area contributed by atoms with Gasteiger partial charge in [0, 0.05) is 23.6 Å². The quantitative estimate of drug-likeness (QED) is 0.109. The first-order valence-electron chi connectivity index (χ1n) is 13.2. The van der Waals surface area contributed by atoms with E-state index in [2.05, 4.69) is 46.9 Å². The first-order chi connectivity index (χ1) is 17.8. The van der Waals surface area contributed by atoms with Gasteiger partial charge in [-0.15, -0.1) is 0 Å². The Kier molecular flexibility index (Phi) is 13.0. The standard InChI is InChI=1S/C32H47N3O3/c1-10-12-26(13-14-33)35-20-25(19-34)29-17-24(16-23(5)32(6,7)8)28(18-30(29)38-9)22(4)15-21(3)27(11-2)31(36)37/h11,15,17-20,26H,3,5,10,12-14,16,33-34H2,1-2,4,6-9H3,(H,36,37)/b22-15+,25-19?,27-11+,35-20?. The molecule has 0 fully saturated rings. The van der Waals surface area contributed by atoms with Crippen LogP contribution in [0, 0.1) is 5.41 Å². The van der Waals surface area contributed by atoms with Crippen LogP contribution in [0.25, 0.3) is 11.1 Å². The van der Waals surface area contributed by atoms with Crippen molar-refractivity contribution in [1.29, 1.82) is 0 Å². The van der Waals surface area contributed by atoms with Gasteiger partial charge in [0.1, 0.15) is 5.75 Å². The number of methoxy groups -OCH3 is 1. The second-order valence-electron chi connectivity index (χ2n) is 10.5.